The predicted octanol–water partition coefficient (Wildman–Crippen LogP) is 1.99. The number of urea groups is 1. The molecular formula is C19H27N5O3. The van der Waals surface area contributed by atoms with Gasteiger partial charge in [0.2, 0.25) is 0 Å². The van der Waals surface area contributed by atoms with E-state index in [1.165, 1.54) is 0 Å². The summed E-state index contributed by atoms with van der Waals surface area (Å²) >= 11 is 0. The van der Waals surface area contributed by atoms with E-state index in [2.05, 4.69) is 27.3 Å². The fourth-order valence-corrected chi connectivity index (χ4v) is 3.16. The van der Waals surface area contributed by atoms with Crippen LogP contribution in [-0.2, 0) is 11.3 Å². The molecule has 1 fully saturated rings. The monoisotopic (exact) mass is 373 g/mol. The smallest absolute Gasteiger partial charge is 0.317 e. The van der Waals surface area contributed by atoms with E-state index in [4.69, 9.17) is 9.26 Å². The Labute approximate surface area is 159 Å². The number of nitrogens with zero attached hydrogens (tertiary/aromatic N) is 4. The van der Waals surface area contributed by atoms with E-state index in [0.29, 0.717) is 30.6 Å². The molecule has 0 spiro atoms. The molecule has 0 bridgehead atoms. The molecule has 0 saturated carbocycles. The van der Waals surface area contributed by atoms with Crippen molar-refractivity contribution < 1.29 is 14.1 Å². The fourth-order valence-electron chi connectivity index (χ4n) is 3.16. The van der Waals surface area contributed by atoms with Crippen LogP contribution < -0.4 is 5.32 Å². The second-order valence-electron chi connectivity index (χ2n) is 6.67. The molecule has 146 valence electrons. The van der Waals surface area contributed by atoms with Crippen molar-refractivity contribution >= 4 is 6.03 Å². The summed E-state index contributed by atoms with van der Waals surface area (Å²) in [6, 6.07) is 5.81. The highest BCUT2D eigenvalue weighted by molar-refractivity contribution is 5.73. The van der Waals surface area contributed by atoms with Gasteiger partial charge < -0.3 is 19.5 Å². The first kappa shape index (κ1) is 19.3. The Morgan fingerprint density at radius 1 is 1.41 bits per heavy atom. The summed E-state index contributed by atoms with van der Waals surface area (Å²) < 4.78 is 10.8. The average Bonchev–Trinajstić information content (AvgIpc) is 3.18. The van der Waals surface area contributed by atoms with Gasteiger partial charge >= 0.3 is 6.03 Å². The number of pyridine rings is 1. The first-order chi connectivity index (χ1) is 13.2. The van der Waals surface area contributed by atoms with Crippen molar-refractivity contribution in [3.05, 3.63) is 36.4 Å². The number of aromatic nitrogens is 2. The van der Waals surface area contributed by atoms with Gasteiger partial charge in [-0.3, -0.25) is 9.88 Å². The third-order valence-electron chi connectivity index (χ3n) is 4.78. The third kappa shape index (κ3) is 5.27. The summed E-state index contributed by atoms with van der Waals surface area (Å²) in [4.78, 5) is 20.5. The molecule has 2 aromatic heterocycles. The summed E-state index contributed by atoms with van der Waals surface area (Å²) in [5.74, 6) is 0.631. The molecule has 1 unspecified atom stereocenters. The number of nitrogens with one attached hydrogen (secondary N) is 1. The van der Waals surface area contributed by atoms with Crippen LogP contribution in [0.4, 0.5) is 4.79 Å². The number of rotatable bonds is 7. The Bertz CT molecular complexity index is 715. The molecule has 0 aromatic carbocycles. The van der Waals surface area contributed by atoms with Gasteiger partial charge in [-0.1, -0.05) is 12.1 Å². The van der Waals surface area contributed by atoms with Crippen molar-refractivity contribution in [2.45, 2.75) is 25.9 Å². The van der Waals surface area contributed by atoms with Crippen LogP contribution in [0, 0.1) is 0 Å². The van der Waals surface area contributed by atoms with Crippen molar-refractivity contribution in [1.29, 1.82) is 0 Å². The van der Waals surface area contributed by atoms with Crippen LogP contribution in [-0.4, -0.2) is 71.9 Å². The summed E-state index contributed by atoms with van der Waals surface area (Å²) in [5, 5.41) is 7.08. The number of carbonyl (C=O) groups excluding carboxylic acids is 1. The summed E-state index contributed by atoms with van der Waals surface area (Å²) in [7, 11) is 1.75. The molecule has 8 heteroatoms. The second-order valence-corrected chi connectivity index (χ2v) is 6.67. The zero-order valence-corrected chi connectivity index (χ0v) is 15.9. The Balaban J connectivity index is 1.49. The van der Waals surface area contributed by atoms with Crippen LogP contribution >= 0.6 is 0 Å². The van der Waals surface area contributed by atoms with E-state index in [0.717, 1.165) is 38.3 Å². The van der Waals surface area contributed by atoms with E-state index in [1.54, 1.807) is 24.3 Å². The molecule has 2 amide bonds. The largest absolute Gasteiger partial charge is 0.379 e. The molecule has 1 atom stereocenters. The van der Waals surface area contributed by atoms with Gasteiger partial charge in [0, 0.05) is 56.7 Å². The summed E-state index contributed by atoms with van der Waals surface area (Å²) in [6.45, 7) is 6.47. The molecular weight excluding hydrogens is 346 g/mol. The zero-order chi connectivity index (χ0) is 19.1. The summed E-state index contributed by atoms with van der Waals surface area (Å²) in [6.07, 6.45) is 4.43. The number of morpholine rings is 1. The van der Waals surface area contributed by atoms with Crippen LogP contribution in [0.5, 0.6) is 0 Å². The van der Waals surface area contributed by atoms with E-state index in [-0.39, 0.29) is 6.03 Å². The molecule has 0 aliphatic carbocycles. The van der Waals surface area contributed by atoms with Crippen molar-refractivity contribution in [2.24, 2.45) is 0 Å². The maximum atomic E-state index is 12.4. The number of ether oxygens (including phenoxy) is 1. The lowest BCUT2D eigenvalue weighted by molar-refractivity contribution is 0.0162. The highest BCUT2D eigenvalue weighted by Gasteiger charge is 2.21. The van der Waals surface area contributed by atoms with E-state index < -0.39 is 0 Å². The molecule has 1 aliphatic rings. The SMILES string of the molecule is CCC(CNC(=O)N(C)Cc1cc(-c2cccnc2)no1)N1CCOCC1. The standard InChI is InChI=1S/C19H27N5O3/c1-3-16(24-7-9-26-10-8-24)13-21-19(25)23(2)14-17-11-18(22-27-17)15-5-4-6-20-12-15/h4-6,11-12,16H,3,7-10,13-14H2,1-2H3,(H,21,25). The predicted molar refractivity (Wildman–Crippen MR) is 101 cm³/mol. The lowest BCUT2D eigenvalue weighted by atomic mass is 10.2. The van der Waals surface area contributed by atoms with Gasteiger partial charge in [-0.15, -0.1) is 0 Å². The highest BCUT2D eigenvalue weighted by Crippen LogP contribution is 2.18. The van der Waals surface area contributed by atoms with Crippen LogP contribution in [0.3, 0.4) is 0 Å². The minimum atomic E-state index is -0.124. The maximum Gasteiger partial charge on any atom is 0.317 e. The summed E-state index contributed by atoms with van der Waals surface area (Å²) in [5.41, 5.74) is 1.60. The molecule has 3 rings (SSSR count). The Morgan fingerprint density at radius 2 is 2.22 bits per heavy atom. The van der Waals surface area contributed by atoms with Crippen molar-refractivity contribution in [3.63, 3.8) is 0 Å². The molecule has 0 radical (unpaired) electrons. The number of amides is 2. The Hall–Kier alpha value is -2.45. The van der Waals surface area contributed by atoms with E-state index in [9.17, 15) is 4.79 Å². The minimum Gasteiger partial charge on any atom is -0.379 e. The molecule has 2 aromatic rings. The van der Waals surface area contributed by atoms with Gasteiger partial charge in [-0.25, -0.2) is 4.79 Å². The lowest BCUT2D eigenvalue weighted by Crippen LogP contribution is -2.50. The van der Waals surface area contributed by atoms with Gasteiger partial charge in [-0.2, -0.15) is 0 Å². The van der Waals surface area contributed by atoms with Crippen molar-refractivity contribution in [2.75, 3.05) is 39.9 Å². The lowest BCUT2D eigenvalue weighted by Gasteiger charge is -2.34. The van der Waals surface area contributed by atoms with Gasteiger partial charge in [0.1, 0.15) is 5.69 Å². The minimum absolute atomic E-state index is 0.124. The van der Waals surface area contributed by atoms with Crippen LogP contribution in [0.2, 0.25) is 0 Å². The maximum absolute atomic E-state index is 12.4. The highest BCUT2D eigenvalue weighted by atomic mass is 16.5. The number of hydrogen-bond donors (Lipinski definition) is 1. The molecule has 1 aliphatic heterocycles. The topological polar surface area (TPSA) is 83.7 Å². The van der Waals surface area contributed by atoms with E-state index >= 15 is 0 Å². The van der Waals surface area contributed by atoms with Gasteiger partial charge in [-0.05, 0) is 18.6 Å². The zero-order valence-electron chi connectivity index (χ0n) is 15.9. The van der Waals surface area contributed by atoms with Gasteiger partial charge in [0.25, 0.3) is 0 Å². The molecule has 1 N–H and O–H groups in total. The van der Waals surface area contributed by atoms with Crippen LogP contribution in [0.25, 0.3) is 11.3 Å². The van der Waals surface area contributed by atoms with Crippen molar-refractivity contribution in [1.82, 2.24) is 25.3 Å². The Kier molecular flexibility index (Phi) is 6.78. The number of hydrogen-bond acceptors (Lipinski definition) is 6. The molecule has 1 saturated heterocycles. The van der Waals surface area contributed by atoms with Crippen LogP contribution in [0.15, 0.2) is 35.1 Å². The molecule has 27 heavy (non-hydrogen) atoms. The van der Waals surface area contributed by atoms with E-state index in [1.807, 2.05) is 18.2 Å². The van der Waals surface area contributed by atoms with Crippen LogP contribution in [0.1, 0.15) is 19.1 Å². The number of carbonyl (C=O) groups is 1. The first-order valence-corrected chi connectivity index (χ1v) is 9.34. The Morgan fingerprint density at radius 3 is 2.93 bits per heavy atom. The van der Waals surface area contributed by atoms with Crippen molar-refractivity contribution in [3.8, 4) is 11.3 Å². The molecule has 3 heterocycles. The molecule has 8 nitrogen and oxygen atoms in total. The normalized spacial score (nSPS) is 16.1. The average molecular weight is 373 g/mol. The quantitative estimate of drug-likeness (QED) is 0.799. The van der Waals surface area contributed by atoms with Gasteiger partial charge in [0.05, 0.1) is 19.8 Å². The third-order valence-corrected chi connectivity index (χ3v) is 4.78. The van der Waals surface area contributed by atoms with Gasteiger partial charge in [0.15, 0.2) is 5.76 Å². The first-order valence-electron chi connectivity index (χ1n) is 9.34. The fraction of sp³-hybridized carbons (Fsp3) is 0.526. The second kappa shape index (κ2) is 9.48.